The van der Waals surface area contributed by atoms with Gasteiger partial charge in [0.25, 0.3) is 5.69 Å². The number of azide groups is 1. The van der Waals surface area contributed by atoms with Crippen molar-refractivity contribution >= 4 is 11.8 Å². The number of rotatable bonds is 4. The molecule has 0 fully saturated rings. The largest absolute Gasteiger partial charge is 0.290 e. The quantitative estimate of drug-likeness (QED) is 0.255. The predicted molar refractivity (Wildman–Crippen MR) is 58.7 cm³/mol. The maximum Gasteiger partial charge on any atom is 0.290 e. The van der Waals surface area contributed by atoms with Gasteiger partial charge in [0.2, 0.25) is 0 Å². The van der Waals surface area contributed by atoms with Crippen molar-refractivity contribution in [3.05, 3.63) is 50.2 Å². The standard InChI is InChI=1S/C9H9N5O2/c1-7-5-8(3-2-4-12-13-10)11-6-9(7)14(15)16/h2-3,5-6H,4H2,1H3. The summed E-state index contributed by atoms with van der Waals surface area (Å²) in [6.45, 7) is 1.87. The van der Waals surface area contributed by atoms with Gasteiger partial charge in [0.1, 0.15) is 6.20 Å². The normalized spacial score (nSPS) is 10.1. The summed E-state index contributed by atoms with van der Waals surface area (Å²) in [4.78, 5) is 16.5. The van der Waals surface area contributed by atoms with Gasteiger partial charge in [-0.05, 0) is 24.6 Å². The summed E-state index contributed by atoms with van der Waals surface area (Å²) in [5.41, 5.74) is 9.17. The van der Waals surface area contributed by atoms with Crippen molar-refractivity contribution in [2.45, 2.75) is 6.92 Å². The molecule has 0 aliphatic heterocycles. The van der Waals surface area contributed by atoms with Crippen molar-refractivity contribution < 1.29 is 4.92 Å². The zero-order chi connectivity index (χ0) is 12.0. The maximum atomic E-state index is 10.5. The lowest BCUT2D eigenvalue weighted by Gasteiger charge is -1.97. The summed E-state index contributed by atoms with van der Waals surface area (Å²) in [7, 11) is 0. The average molecular weight is 219 g/mol. The van der Waals surface area contributed by atoms with Crippen molar-refractivity contribution in [3.8, 4) is 0 Å². The highest BCUT2D eigenvalue weighted by atomic mass is 16.6. The highest BCUT2D eigenvalue weighted by Gasteiger charge is 2.09. The first-order valence-corrected chi connectivity index (χ1v) is 4.43. The molecule has 0 unspecified atom stereocenters. The van der Waals surface area contributed by atoms with Gasteiger partial charge in [-0.1, -0.05) is 11.2 Å². The van der Waals surface area contributed by atoms with Crippen LogP contribution in [0.5, 0.6) is 0 Å². The van der Waals surface area contributed by atoms with E-state index in [1.54, 1.807) is 25.1 Å². The first-order chi connectivity index (χ1) is 7.65. The van der Waals surface area contributed by atoms with Gasteiger partial charge in [0, 0.05) is 17.0 Å². The monoisotopic (exact) mass is 219 g/mol. The number of aryl methyl sites for hydroxylation is 1. The topological polar surface area (TPSA) is 105 Å². The van der Waals surface area contributed by atoms with Crippen LogP contribution in [-0.4, -0.2) is 16.5 Å². The first kappa shape index (κ1) is 11.7. The number of pyridine rings is 1. The number of aromatic nitrogens is 1. The Hall–Kier alpha value is -2.40. The van der Waals surface area contributed by atoms with Gasteiger partial charge in [-0.15, -0.1) is 0 Å². The first-order valence-electron chi connectivity index (χ1n) is 4.43. The number of hydrogen-bond donors (Lipinski definition) is 0. The molecule has 0 amide bonds. The molecule has 16 heavy (non-hydrogen) atoms. The molecule has 1 heterocycles. The van der Waals surface area contributed by atoms with E-state index in [4.69, 9.17) is 5.53 Å². The van der Waals surface area contributed by atoms with Crippen LogP contribution in [0.2, 0.25) is 0 Å². The Bertz CT molecular complexity index is 477. The van der Waals surface area contributed by atoms with Crippen molar-refractivity contribution in [1.29, 1.82) is 0 Å². The van der Waals surface area contributed by atoms with Crippen LogP contribution in [-0.2, 0) is 0 Å². The Kier molecular flexibility index (Phi) is 3.99. The Balaban J connectivity index is 2.85. The Labute approximate surface area is 91.2 Å². The van der Waals surface area contributed by atoms with Crippen LogP contribution < -0.4 is 0 Å². The van der Waals surface area contributed by atoms with Crippen molar-refractivity contribution in [1.82, 2.24) is 4.98 Å². The van der Waals surface area contributed by atoms with E-state index in [1.807, 2.05) is 0 Å². The van der Waals surface area contributed by atoms with E-state index < -0.39 is 4.92 Å². The van der Waals surface area contributed by atoms with Gasteiger partial charge in [-0.3, -0.25) is 10.1 Å². The van der Waals surface area contributed by atoms with E-state index in [-0.39, 0.29) is 12.2 Å². The lowest BCUT2D eigenvalue weighted by Crippen LogP contribution is -1.93. The SMILES string of the molecule is Cc1cc(C=CCN=[N+]=[N-])ncc1[N+](=O)[O-]. The average Bonchev–Trinajstić information content (AvgIpc) is 2.24. The van der Waals surface area contributed by atoms with Crippen molar-refractivity contribution in [3.63, 3.8) is 0 Å². The molecule has 1 rings (SSSR count). The molecule has 0 saturated carbocycles. The minimum absolute atomic E-state index is 0.00723. The highest BCUT2D eigenvalue weighted by Crippen LogP contribution is 2.16. The molecule has 1 aromatic rings. The third-order valence-corrected chi connectivity index (χ3v) is 1.84. The molecule has 82 valence electrons. The predicted octanol–water partition coefficient (Wildman–Crippen LogP) is 2.62. The molecule has 0 saturated heterocycles. The Morgan fingerprint density at radius 3 is 3.06 bits per heavy atom. The molecule has 0 radical (unpaired) electrons. The van der Waals surface area contributed by atoms with Crippen LogP contribution in [0.4, 0.5) is 5.69 Å². The Morgan fingerprint density at radius 2 is 2.50 bits per heavy atom. The fourth-order valence-electron chi connectivity index (χ4n) is 1.11. The molecule has 7 heteroatoms. The van der Waals surface area contributed by atoms with E-state index >= 15 is 0 Å². The number of nitro groups is 1. The third kappa shape index (κ3) is 3.07. The van der Waals surface area contributed by atoms with Gasteiger partial charge in [-0.2, -0.15) is 0 Å². The second-order valence-corrected chi connectivity index (χ2v) is 2.97. The smallest absolute Gasteiger partial charge is 0.258 e. The van der Waals surface area contributed by atoms with Gasteiger partial charge in [0.15, 0.2) is 0 Å². The minimum Gasteiger partial charge on any atom is -0.258 e. The van der Waals surface area contributed by atoms with Crippen LogP contribution >= 0.6 is 0 Å². The molecule has 0 bridgehead atoms. The fourth-order valence-corrected chi connectivity index (χ4v) is 1.11. The molecule has 0 aliphatic carbocycles. The molecular formula is C9H9N5O2. The van der Waals surface area contributed by atoms with Crippen molar-refractivity contribution in [2.24, 2.45) is 5.11 Å². The molecule has 0 atom stereocenters. The van der Waals surface area contributed by atoms with Crippen LogP contribution in [0.25, 0.3) is 16.5 Å². The van der Waals surface area contributed by atoms with E-state index in [1.165, 1.54) is 6.20 Å². The van der Waals surface area contributed by atoms with Crippen molar-refractivity contribution in [2.75, 3.05) is 6.54 Å². The second-order valence-electron chi connectivity index (χ2n) is 2.97. The van der Waals surface area contributed by atoms with Gasteiger partial charge < -0.3 is 0 Å². The number of nitrogens with zero attached hydrogens (tertiary/aromatic N) is 5. The highest BCUT2D eigenvalue weighted by molar-refractivity contribution is 5.50. The summed E-state index contributed by atoms with van der Waals surface area (Å²) >= 11 is 0. The third-order valence-electron chi connectivity index (χ3n) is 1.84. The van der Waals surface area contributed by atoms with E-state index in [2.05, 4.69) is 15.0 Å². The molecule has 1 aromatic heterocycles. The second kappa shape index (κ2) is 5.47. The summed E-state index contributed by atoms with van der Waals surface area (Å²) < 4.78 is 0. The van der Waals surface area contributed by atoms with E-state index in [9.17, 15) is 10.1 Å². The van der Waals surface area contributed by atoms with Gasteiger partial charge >= 0.3 is 0 Å². The fraction of sp³-hybridized carbons (Fsp3) is 0.222. The van der Waals surface area contributed by atoms with Crippen LogP contribution in [0.3, 0.4) is 0 Å². The van der Waals surface area contributed by atoms with Gasteiger partial charge in [-0.25, -0.2) is 4.98 Å². The molecule has 0 aliphatic rings. The lowest BCUT2D eigenvalue weighted by molar-refractivity contribution is -0.385. The summed E-state index contributed by atoms with van der Waals surface area (Å²) in [6, 6.07) is 1.60. The maximum absolute atomic E-state index is 10.5. The summed E-state index contributed by atoms with van der Waals surface area (Å²) in [5.74, 6) is 0. The van der Waals surface area contributed by atoms with E-state index in [0.29, 0.717) is 11.3 Å². The summed E-state index contributed by atoms with van der Waals surface area (Å²) in [5, 5.41) is 13.8. The van der Waals surface area contributed by atoms with Crippen LogP contribution in [0.15, 0.2) is 23.5 Å². The van der Waals surface area contributed by atoms with Crippen LogP contribution in [0, 0.1) is 17.0 Å². The molecule has 0 aromatic carbocycles. The molecular weight excluding hydrogens is 210 g/mol. The van der Waals surface area contributed by atoms with E-state index in [0.717, 1.165) is 0 Å². The number of hydrogen-bond acceptors (Lipinski definition) is 4. The lowest BCUT2D eigenvalue weighted by atomic mass is 10.2. The van der Waals surface area contributed by atoms with Gasteiger partial charge in [0.05, 0.1) is 10.6 Å². The zero-order valence-electron chi connectivity index (χ0n) is 8.57. The van der Waals surface area contributed by atoms with Crippen LogP contribution in [0.1, 0.15) is 11.3 Å². The molecule has 0 N–H and O–H groups in total. The molecule has 7 nitrogen and oxygen atoms in total. The Morgan fingerprint density at radius 1 is 1.75 bits per heavy atom. The minimum atomic E-state index is -0.476. The summed E-state index contributed by atoms with van der Waals surface area (Å²) in [6.07, 6.45) is 4.49. The zero-order valence-corrected chi connectivity index (χ0v) is 8.57. The molecule has 0 spiro atoms.